The second kappa shape index (κ2) is 3.55. The first kappa shape index (κ1) is 8.84. The lowest BCUT2D eigenvalue weighted by molar-refractivity contribution is 0.614. The van der Waals surface area contributed by atoms with Crippen LogP contribution in [0.5, 0.6) is 0 Å². The molecule has 0 aliphatic carbocycles. The molecular weight excluding hydrogens is 182 g/mol. The molecule has 2 rings (SSSR count). The Hall–Kier alpha value is -0.740. The molecule has 0 amide bonds. The first-order chi connectivity index (χ1) is 6.31. The fraction of sp³-hybridized carbons (Fsp3) is 0.556. The summed E-state index contributed by atoms with van der Waals surface area (Å²) in [7, 11) is 0. The van der Waals surface area contributed by atoms with E-state index in [4.69, 9.17) is 12.2 Å². The van der Waals surface area contributed by atoms with Gasteiger partial charge in [0.1, 0.15) is 0 Å². The van der Waals surface area contributed by atoms with Crippen molar-refractivity contribution in [2.24, 2.45) is 0 Å². The predicted molar refractivity (Wildman–Crippen MR) is 54.2 cm³/mol. The lowest BCUT2D eigenvalue weighted by Crippen LogP contribution is -2.26. The molecule has 4 heteroatoms. The van der Waals surface area contributed by atoms with Gasteiger partial charge in [0.15, 0.2) is 4.77 Å². The molecule has 0 saturated carbocycles. The molecule has 1 aliphatic heterocycles. The highest BCUT2D eigenvalue weighted by atomic mass is 32.1. The minimum atomic E-state index is 0.610. The van der Waals surface area contributed by atoms with E-state index in [1.54, 1.807) is 0 Å². The van der Waals surface area contributed by atoms with Crippen LogP contribution in [0.3, 0.4) is 0 Å². The zero-order valence-corrected chi connectivity index (χ0v) is 8.50. The van der Waals surface area contributed by atoms with Crippen molar-refractivity contribution in [3.05, 3.63) is 21.7 Å². The van der Waals surface area contributed by atoms with Crippen LogP contribution in [0.2, 0.25) is 0 Å². The Bertz CT molecular complexity index is 349. The van der Waals surface area contributed by atoms with Gasteiger partial charge >= 0.3 is 0 Å². The van der Waals surface area contributed by atoms with Crippen LogP contribution in [0, 0.1) is 4.77 Å². The first-order valence-corrected chi connectivity index (χ1v) is 5.03. The summed E-state index contributed by atoms with van der Waals surface area (Å²) in [5, 5.41) is 3.31. The second-order valence-electron chi connectivity index (χ2n) is 3.23. The standard InChI is InChI=1S/C9H13N3S/c1-2-7-6-3-4-10-5-8(6)12-9(13)11-7/h10H,2-5H2,1H3,(H,11,12,13). The van der Waals surface area contributed by atoms with E-state index in [-0.39, 0.29) is 0 Å². The average molecular weight is 195 g/mol. The van der Waals surface area contributed by atoms with Gasteiger partial charge in [-0.05, 0) is 37.2 Å². The number of rotatable bonds is 1. The Kier molecular flexibility index (Phi) is 2.42. The number of H-pyrrole nitrogens is 1. The second-order valence-corrected chi connectivity index (χ2v) is 3.61. The summed E-state index contributed by atoms with van der Waals surface area (Å²) >= 11 is 5.06. The smallest absolute Gasteiger partial charge is 0.197 e. The van der Waals surface area contributed by atoms with Gasteiger partial charge in [0.2, 0.25) is 0 Å². The highest BCUT2D eigenvalue weighted by molar-refractivity contribution is 7.71. The van der Waals surface area contributed by atoms with Gasteiger partial charge < -0.3 is 10.3 Å². The van der Waals surface area contributed by atoms with Crippen LogP contribution in [0.1, 0.15) is 23.9 Å². The van der Waals surface area contributed by atoms with Gasteiger partial charge in [-0.2, -0.15) is 0 Å². The number of nitrogens with one attached hydrogen (secondary N) is 2. The summed E-state index contributed by atoms with van der Waals surface area (Å²) in [5.74, 6) is 0. The van der Waals surface area contributed by atoms with Gasteiger partial charge in [-0.3, -0.25) is 0 Å². The summed E-state index contributed by atoms with van der Waals surface area (Å²) in [5.41, 5.74) is 3.76. The van der Waals surface area contributed by atoms with Gasteiger partial charge in [-0.1, -0.05) is 6.92 Å². The van der Waals surface area contributed by atoms with Crippen molar-refractivity contribution in [1.29, 1.82) is 0 Å². The predicted octanol–water partition coefficient (Wildman–Crippen LogP) is 1.35. The number of aromatic nitrogens is 2. The molecule has 13 heavy (non-hydrogen) atoms. The number of aryl methyl sites for hydroxylation is 1. The number of hydrogen-bond acceptors (Lipinski definition) is 3. The van der Waals surface area contributed by atoms with E-state index in [1.165, 1.54) is 17.0 Å². The van der Waals surface area contributed by atoms with E-state index in [9.17, 15) is 0 Å². The Morgan fingerprint density at radius 1 is 1.54 bits per heavy atom. The maximum absolute atomic E-state index is 5.06. The molecule has 2 N–H and O–H groups in total. The van der Waals surface area contributed by atoms with E-state index in [0.717, 1.165) is 25.9 Å². The van der Waals surface area contributed by atoms with E-state index in [2.05, 4.69) is 22.2 Å². The highest BCUT2D eigenvalue weighted by Gasteiger charge is 2.13. The maximum Gasteiger partial charge on any atom is 0.197 e. The molecule has 1 aliphatic rings. The molecule has 1 aromatic heterocycles. The van der Waals surface area contributed by atoms with E-state index >= 15 is 0 Å². The lowest BCUT2D eigenvalue weighted by Gasteiger charge is -2.18. The van der Waals surface area contributed by atoms with Gasteiger partial charge in [-0.15, -0.1) is 0 Å². The van der Waals surface area contributed by atoms with Gasteiger partial charge in [0.05, 0.1) is 0 Å². The van der Waals surface area contributed by atoms with Gasteiger partial charge in [-0.25, -0.2) is 4.98 Å². The molecular formula is C9H13N3S. The molecule has 0 fully saturated rings. The van der Waals surface area contributed by atoms with Crippen molar-refractivity contribution in [2.75, 3.05) is 6.54 Å². The van der Waals surface area contributed by atoms with Crippen molar-refractivity contribution < 1.29 is 0 Å². The van der Waals surface area contributed by atoms with Crippen LogP contribution >= 0.6 is 12.2 Å². The van der Waals surface area contributed by atoms with Crippen LogP contribution in [-0.4, -0.2) is 16.5 Å². The number of aromatic amines is 1. The van der Waals surface area contributed by atoms with Crippen LogP contribution < -0.4 is 5.32 Å². The minimum Gasteiger partial charge on any atom is -0.333 e. The summed E-state index contributed by atoms with van der Waals surface area (Å²) in [4.78, 5) is 7.48. The molecule has 2 heterocycles. The first-order valence-electron chi connectivity index (χ1n) is 4.63. The fourth-order valence-corrected chi connectivity index (χ4v) is 2.00. The Labute approximate surface area is 82.6 Å². The van der Waals surface area contributed by atoms with E-state index < -0.39 is 0 Å². The quantitative estimate of drug-likeness (QED) is 0.665. The molecule has 70 valence electrons. The molecule has 0 radical (unpaired) electrons. The SMILES string of the molecule is CCc1nc(=S)[nH]c2c1CCNC2. The average Bonchev–Trinajstić information content (AvgIpc) is 2.16. The van der Waals surface area contributed by atoms with Gasteiger partial charge in [0.25, 0.3) is 0 Å². The molecule has 1 aromatic rings. The fourth-order valence-electron chi connectivity index (χ4n) is 1.76. The molecule has 0 spiro atoms. The Morgan fingerprint density at radius 3 is 3.15 bits per heavy atom. The van der Waals surface area contributed by atoms with Crippen molar-refractivity contribution >= 4 is 12.2 Å². The number of hydrogen-bond donors (Lipinski definition) is 2. The van der Waals surface area contributed by atoms with Crippen LogP contribution in [0.25, 0.3) is 0 Å². The highest BCUT2D eigenvalue weighted by Crippen LogP contribution is 2.14. The Balaban J connectivity index is 2.57. The Morgan fingerprint density at radius 2 is 2.38 bits per heavy atom. The molecule has 0 atom stereocenters. The number of fused-ring (bicyclic) bond motifs is 1. The third kappa shape index (κ3) is 1.64. The lowest BCUT2D eigenvalue weighted by atomic mass is 10.0. The topological polar surface area (TPSA) is 40.7 Å². The monoisotopic (exact) mass is 195 g/mol. The van der Waals surface area contributed by atoms with Crippen molar-refractivity contribution in [2.45, 2.75) is 26.3 Å². The summed E-state index contributed by atoms with van der Waals surface area (Å²) in [6.45, 7) is 4.07. The zero-order chi connectivity index (χ0) is 9.26. The van der Waals surface area contributed by atoms with Crippen LogP contribution in [-0.2, 0) is 19.4 Å². The molecule has 0 aromatic carbocycles. The number of nitrogens with zero attached hydrogens (tertiary/aromatic N) is 1. The zero-order valence-electron chi connectivity index (χ0n) is 7.68. The normalized spacial score (nSPS) is 15.5. The van der Waals surface area contributed by atoms with Gasteiger partial charge in [0, 0.05) is 17.9 Å². The van der Waals surface area contributed by atoms with Crippen molar-refractivity contribution in [3.8, 4) is 0 Å². The van der Waals surface area contributed by atoms with Crippen LogP contribution in [0.15, 0.2) is 0 Å². The van der Waals surface area contributed by atoms with Crippen molar-refractivity contribution in [3.63, 3.8) is 0 Å². The summed E-state index contributed by atoms with van der Waals surface area (Å²) < 4.78 is 0.610. The van der Waals surface area contributed by atoms with E-state index in [1.807, 2.05) is 0 Å². The third-order valence-electron chi connectivity index (χ3n) is 2.40. The van der Waals surface area contributed by atoms with E-state index in [0.29, 0.717) is 4.77 Å². The minimum absolute atomic E-state index is 0.610. The molecule has 0 bridgehead atoms. The largest absolute Gasteiger partial charge is 0.333 e. The molecule has 3 nitrogen and oxygen atoms in total. The summed E-state index contributed by atoms with van der Waals surface area (Å²) in [6.07, 6.45) is 2.04. The van der Waals surface area contributed by atoms with Crippen LogP contribution in [0.4, 0.5) is 0 Å². The third-order valence-corrected chi connectivity index (χ3v) is 2.59. The molecule has 0 unspecified atom stereocenters. The molecule has 0 saturated heterocycles. The maximum atomic E-state index is 5.06. The summed E-state index contributed by atoms with van der Waals surface area (Å²) in [6, 6.07) is 0. The van der Waals surface area contributed by atoms with Crippen molar-refractivity contribution in [1.82, 2.24) is 15.3 Å².